The Balaban J connectivity index is 1.95. The molecule has 2 heterocycles. The molecule has 4 nitrogen and oxygen atoms in total. The molecule has 0 aliphatic heterocycles. The van der Waals surface area contributed by atoms with Gasteiger partial charge in [0, 0.05) is 12.2 Å². The summed E-state index contributed by atoms with van der Waals surface area (Å²) in [5.74, 6) is 1.15. The Labute approximate surface area is 120 Å². The van der Waals surface area contributed by atoms with Gasteiger partial charge in [-0.15, -0.1) is 0 Å². The lowest BCUT2D eigenvalue weighted by atomic mass is 10.0. The molecule has 4 heteroatoms. The zero-order chi connectivity index (χ0) is 14.1. The normalized spacial score (nSPS) is 14.6. The topological polar surface area (TPSA) is 35.6 Å². The van der Waals surface area contributed by atoms with Crippen LogP contribution >= 0.6 is 0 Å². The van der Waals surface area contributed by atoms with Gasteiger partial charge >= 0.3 is 0 Å². The summed E-state index contributed by atoms with van der Waals surface area (Å²) in [4.78, 5) is 4.76. The third-order valence-electron chi connectivity index (χ3n) is 4.32. The van der Waals surface area contributed by atoms with Crippen molar-refractivity contribution in [3.63, 3.8) is 0 Å². The van der Waals surface area contributed by atoms with Gasteiger partial charge in [-0.05, 0) is 52.0 Å². The molecular formula is C16H24N4. The molecule has 0 spiro atoms. The molecule has 0 saturated carbocycles. The first-order chi connectivity index (χ1) is 9.72. The lowest BCUT2D eigenvalue weighted by molar-refractivity contribution is 0.571. The quantitative estimate of drug-likeness (QED) is 0.858. The molecular weight excluding hydrogens is 248 g/mol. The van der Waals surface area contributed by atoms with E-state index < -0.39 is 0 Å². The summed E-state index contributed by atoms with van der Waals surface area (Å²) < 4.78 is 4.53. The largest absolute Gasteiger partial charge is 0.326 e. The average Bonchev–Trinajstić information content (AvgIpc) is 3.01. The summed E-state index contributed by atoms with van der Waals surface area (Å²) in [6, 6.07) is 2.25. The van der Waals surface area contributed by atoms with Crippen molar-refractivity contribution in [2.24, 2.45) is 0 Å². The summed E-state index contributed by atoms with van der Waals surface area (Å²) in [6.45, 7) is 8.30. The Morgan fingerprint density at radius 2 is 2.00 bits per heavy atom. The maximum atomic E-state index is 4.76. The van der Waals surface area contributed by atoms with E-state index in [1.165, 1.54) is 42.0 Å². The van der Waals surface area contributed by atoms with Crippen molar-refractivity contribution < 1.29 is 0 Å². The van der Waals surface area contributed by atoms with Crippen molar-refractivity contribution in [2.45, 2.75) is 66.0 Å². The number of imidazole rings is 1. The first-order valence-corrected chi connectivity index (χ1v) is 7.83. The zero-order valence-electron chi connectivity index (χ0n) is 12.8. The lowest BCUT2D eigenvalue weighted by Gasteiger charge is -2.15. The van der Waals surface area contributed by atoms with Gasteiger partial charge in [0.25, 0.3) is 0 Å². The molecule has 0 aromatic carbocycles. The van der Waals surface area contributed by atoms with Crippen LogP contribution in [0, 0.1) is 6.92 Å². The van der Waals surface area contributed by atoms with E-state index in [2.05, 4.69) is 41.2 Å². The average molecular weight is 272 g/mol. The van der Waals surface area contributed by atoms with Crippen LogP contribution in [0.25, 0.3) is 0 Å². The number of hydrogen-bond donors (Lipinski definition) is 0. The molecule has 0 bridgehead atoms. The van der Waals surface area contributed by atoms with E-state index >= 15 is 0 Å². The molecule has 1 aliphatic rings. The van der Waals surface area contributed by atoms with Gasteiger partial charge in [-0.2, -0.15) is 5.10 Å². The van der Waals surface area contributed by atoms with Crippen LogP contribution in [0.15, 0.2) is 6.07 Å². The van der Waals surface area contributed by atoms with Crippen LogP contribution in [0.3, 0.4) is 0 Å². The van der Waals surface area contributed by atoms with Crippen molar-refractivity contribution >= 4 is 0 Å². The SMILES string of the molecule is CCc1cc(Cn2c(C)nc3c2CCCC3)n(CC)n1. The summed E-state index contributed by atoms with van der Waals surface area (Å²) in [5.41, 5.74) is 5.27. The maximum Gasteiger partial charge on any atom is 0.106 e. The summed E-state index contributed by atoms with van der Waals surface area (Å²) in [7, 11) is 0. The van der Waals surface area contributed by atoms with Crippen LogP contribution < -0.4 is 0 Å². The van der Waals surface area contributed by atoms with E-state index in [-0.39, 0.29) is 0 Å². The summed E-state index contributed by atoms with van der Waals surface area (Å²) in [6.07, 6.45) is 5.91. The van der Waals surface area contributed by atoms with E-state index in [1.807, 2.05) is 0 Å². The number of fused-ring (bicyclic) bond motifs is 1. The number of aryl methyl sites for hydroxylation is 4. The fourth-order valence-electron chi connectivity index (χ4n) is 3.20. The van der Waals surface area contributed by atoms with Crippen molar-refractivity contribution in [2.75, 3.05) is 0 Å². The minimum absolute atomic E-state index is 0.912. The summed E-state index contributed by atoms with van der Waals surface area (Å²) in [5, 5.41) is 4.65. The van der Waals surface area contributed by atoms with E-state index in [0.29, 0.717) is 0 Å². The molecule has 0 fully saturated rings. The highest BCUT2D eigenvalue weighted by molar-refractivity contribution is 5.22. The molecule has 2 aromatic heterocycles. The smallest absolute Gasteiger partial charge is 0.106 e. The van der Waals surface area contributed by atoms with Crippen molar-refractivity contribution in [3.8, 4) is 0 Å². The molecule has 0 N–H and O–H groups in total. The highest BCUT2D eigenvalue weighted by atomic mass is 15.3. The Morgan fingerprint density at radius 3 is 2.75 bits per heavy atom. The minimum Gasteiger partial charge on any atom is -0.326 e. The Hall–Kier alpha value is -1.58. The molecule has 0 amide bonds. The highest BCUT2D eigenvalue weighted by Gasteiger charge is 2.19. The van der Waals surface area contributed by atoms with Gasteiger partial charge in [-0.25, -0.2) is 4.98 Å². The van der Waals surface area contributed by atoms with Crippen LogP contribution in [0.5, 0.6) is 0 Å². The van der Waals surface area contributed by atoms with Crippen molar-refractivity contribution in [1.82, 2.24) is 19.3 Å². The van der Waals surface area contributed by atoms with Crippen LogP contribution in [-0.2, 0) is 32.4 Å². The van der Waals surface area contributed by atoms with E-state index in [9.17, 15) is 0 Å². The van der Waals surface area contributed by atoms with E-state index in [4.69, 9.17) is 4.98 Å². The lowest BCUT2D eigenvalue weighted by Crippen LogP contribution is -2.13. The molecule has 1 aliphatic carbocycles. The molecule has 0 saturated heterocycles. The highest BCUT2D eigenvalue weighted by Crippen LogP contribution is 2.23. The predicted molar refractivity (Wildman–Crippen MR) is 80.0 cm³/mol. The van der Waals surface area contributed by atoms with Gasteiger partial charge in [0.1, 0.15) is 5.82 Å². The van der Waals surface area contributed by atoms with Crippen LogP contribution in [0.2, 0.25) is 0 Å². The predicted octanol–water partition coefficient (Wildman–Crippen LogP) is 2.90. The number of aromatic nitrogens is 4. The summed E-state index contributed by atoms with van der Waals surface area (Å²) >= 11 is 0. The number of hydrogen-bond acceptors (Lipinski definition) is 2. The van der Waals surface area contributed by atoms with Crippen LogP contribution in [0.1, 0.15) is 55.3 Å². The monoisotopic (exact) mass is 272 g/mol. The number of rotatable bonds is 4. The first kappa shape index (κ1) is 13.4. The molecule has 0 radical (unpaired) electrons. The molecule has 2 aromatic rings. The fraction of sp³-hybridized carbons (Fsp3) is 0.625. The van der Waals surface area contributed by atoms with E-state index in [0.717, 1.165) is 31.8 Å². The van der Waals surface area contributed by atoms with Gasteiger partial charge < -0.3 is 4.57 Å². The second-order valence-corrected chi connectivity index (χ2v) is 5.64. The molecule has 0 unspecified atom stereocenters. The second kappa shape index (κ2) is 5.43. The van der Waals surface area contributed by atoms with Crippen LogP contribution in [0.4, 0.5) is 0 Å². The van der Waals surface area contributed by atoms with Gasteiger partial charge in [0.05, 0.1) is 23.6 Å². The molecule has 108 valence electrons. The zero-order valence-corrected chi connectivity index (χ0v) is 12.8. The van der Waals surface area contributed by atoms with Gasteiger partial charge in [-0.3, -0.25) is 4.68 Å². The van der Waals surface area contributed by atoms with Gasteiger partial charge in [-0.1, -0.05) is 6.92 Å². The first-order valence-electron chi connectivity index (χ1n) is 7.83. The van der Waals surface area contributed by atoms with Gasteiger partial charge in [0.15, 0.2) is 0 Å². The van der Waals surface area contributed by atoms with Gasteiger partial charge in [0.2, 0.25) is 0 Å². The Morgan fingerprint density at radius 1 is 1.20 bits per heavy atom. The molecule has 3 rings (SSSR count). The third kappa shape index (κ3) is 2.28. The van der Waals surface area contributed by atoms with Crippen LogP contribution in [-0.4, -0.2) is 19.3 Å². The Bertz CT molecular complexity index is 606. The Kier molecular flexibility index (Phi) is 3.64. The second-order valence-electron chi connectivity index (χ2n) is 5.64. The minimum atomic E-state index is 0.912. The molecule has 20 heavy (non-hydrogen) atoms. The van der Waals surface area contributed by atoms with Crippen molar-refractivity contribution in [1.29, 1.82) is 0 Å². The molecule has 0 atom stereocenters. The standard InChI is InChI=1S/C16H24N4/c1-4-13-10-14(20(5-2)18-13)11-19-12(3)17-15-8-6-7-9-16(15)19/h10H,4-9,11H2,1-3H3. The number of nitrogens with zero attached hydrogens (tertiary/aromatic N) is 4. The van der Waals surface area contributed by atoms with E-state index in [1.54, 1.807) is 0 Å². The maximum absolute atomic E-state index is 4.76. The van der Waals surface area contributed by atoms with Crippen molar-refractivity contribution in [3.05, 3.63) is 34.7 Å². The third-order valence-corrected chi connectivity index (χ3v) is 4.32. The fourth-order valence-corrected chi connectivity index (χ4v) is 3.20.